The number of halogens is 1. The zero-order valence-electron chi connectivity index (χ0n) is 55.0. The van der Waals surface area contributed by atoms with Crippen LogP contribution in [0.1, 0.15) is 190 Å². The molecular formula is C67H111ClO15Si2. The van der Waals surface area contributed by atoms with Gasteiger partial charge in [-0.05, 0) is 138 Å². The number of rotatable bonds is 11. The quantitative estimate of drug-likeness (QED) is 0.0680. The summed E-state index contributed by atoms with van der Waals surface area (Å²) < 4.78 is 98.1. The Kier molecular flexibility index (Phi) is 21.7. The van der Waals surface area contributed by atoms with Gasteiger partial charge in [-0.25, -0.2) is 0 Å². The molecule has 0 amide bonds. The molecule has 0 unspecified atom stereocenters. The lowest BCUT2D eigenvalue weighted by atomic mass is 9.82. The van der Waals surface area contributed by atoms with Gasteiger partial charge in [0, 0.05) is 77.5 Å². The van der Waals surface area contributed by atoms with Crippen LogP contribution in [0.5, 0.6) is 0 Å². The van der Waals surface area contributed by atoms with Crippen LogP contribution in [0.2, 0.25) is 36.3 Å². The summed E-state index contributed by atoms with van der Waals surface area (Å²) in [5.41, 5.74) is 1.94. The van der Waals surface area contributed by atoms with Crippen LogP contribution >= 0.6 is 11.6 Å². The summed E-state index contributed by atoms with van der Waals surface area (Å²) in [5.74, 6) is -4.11. The number of hydrogen-bond acceptors (Lipinski definition) is 15. The second kappa shape index (κ2) is 27.1. The molecule has 85 heavy (non-hydrogen) atoms. The summed E-state index contributed by atoms with van der Waals surface area (Å²) in [6, 6.07) is 10.1. The number of benzene rings is 1. The maximum absolute atomic E-state index is 14.6. The van der Waals surface area contributed by atoms with E-state index in [2.05, 4.69) is 93.7 Å². The molecule has 0 aromatic heterocycles. The molecule has 0 radical (unpaired) electrons. The summed E-state index contributed by atoms with van der Waals surface area (Å²) in [6.45, 7) is 37.2. The average molecular weight is 1250 g/mol. The van der Waals surface area contributed by atoms with E-state index in [1.807, 2.05) is 32.0 Å². The van der Waals surface area contributed by atoms with Gasteiger partial charge >= 0.3 is 5.97 Å². The number of fused-ring (bicyclic) bond motifs is 8. The number of alkyl halides is 1. The minimum Gasteiger partial charge on any atom is -0.459 e. The molecule has 484 valence electrons. The van der Waals surface area contributed by atoms with E-state index in [1.54, 1.807) is 14.2 Å². The highest BCUT2D eigenvalue weighted by Crippen LogP contribution is 2.54. The minimum absolute atomic E-state index is 0.0322. The molecule has 8 aliphatic heterocycles. The van der Waals surface area contributed by atoms with Crippen molar-refractivity contribution in [3.8, 4) is 0 Å². The third-order valence-corrected chi connectivity index (χ3v) is 31.1. The van der Waals surface area contributed by atoms with Crippen molar-refractivity contribution in [3.05, 3.63) is 48.0 Å². The zero-order valence-corrected chi connectivity index (χ0v) is 57.7. The van der Waals surface area contributed by atoms with Crippen molar-refractivity contribution in [1.82, 2.24) is 0 Å². The van der Waals surface area contributed by atoms with Crippen molar-refractivity contribution < 1.29 is 70.5 Å². The van der Waals surface area contributed by atoms with E-state index < -0.39 is 81.8 Å². The molecule has 9 bridgehead atoms. The molecule has 8 aliphatic rings. The Hall–Kier alpha value is -1.37. The third-order valence-electron chi connectivity index (χ3n) is 21.5. The fraction of sp³-hybridized carbons (Fsp3) is 0.866. The first-order chi connectivity index (χ1) is 39.8. The molecular weight excluding hydrogens is 1140 g/mol. The second-order valence-electron chi connectivity index (χ2n) is 30.5. The maximum Gasteiger partial charge on any atom is 0.308 e. The fourth-order valence-corrected chi connectivity index (χ4v) is 17.5. The van der Waals surface area contributed by atoms with Gasteiger partial charge in [-0.2, -0.15) is 0 Å². The predicted octanol–water partition coefficient (Wildman–Crippen LogP) is 14.4. The number of esters is 1. The Morgan fingerprint density at radius 2 is 1.34 bits per heavy atom. The highest BCUT2D eigenvalue weighted by atomic mass is 35.5. The van der Waals surface area contributed by atoms with Crippen molar-refractivity contribution >= 4 is 34.2 Å². The molecule has 19 atom stereocenters. The van der Waals surface area contributed by atoms with Crippen LogP contribution in [0.25, 0.3) is 0 Å². The largest absolute Gasteiger partial charge is 0.459 e. The van der Waals surface area contributed by atoms with Gasteiger partial charge in [0.2, 0.25) is 0 Å². The maximum atomic E-state index is 14.6. The molecule has 8 heterocycles. The first kappa shape index (κ1) is 68.0. The Morgan fingerprint density at radius 1 is 0.694 bits per heavy atom. The Labute approximate surface area is 518 Å². The van der Waals surface area contributed by atoms with Gasteiger partial charge in [-0.1, -0.05) is 92.3 Å². The smallest absolute Gasteiger partial charge is 0.308 e. The highest BCUT2D eigenvalue weighted by molar-refractivity contribution is 6.74. The molecule has 3 spiro atoms. The molecule has 9 rings (SSSR count). The van der Waals surface area contributed by atoms with Gasteiger partial charge < -0.3 is 65.7 Å². The highest BCUT2D eigenvalue weighted by Gasteiger charge is 2.62. The standard InChI is InChI=1S/C67H111ClO15Si2/c1-43-28-32-65-34-30-53(70-12)60(80-65)61-59(78-64(10,11)79-61)44(2)26-27-52-58(68)56(71-13)40-66(75-52)33-29-45(3)67(83-66)41-55(51(77-67)31-35-72-42-46-22-19-18-20-23-46)74-57(69)39-48-25-21-24-47(73-48)36-49(81-84(14,15)62(4,5)6)37-50(38-54(43)76-65)82-85(16,17)63(7,8)9/h18-20,22-23,43,45,47-56,58-61H,2,21,24-42H2,1,3-17H3/t43-,45-,47-,48+,49+,50-,51-,52+,53-,54+,55-,56+,58+,59-,60-,61-,65-,66+,67+/m0/s1. The SMILES string of the molecule is C=C1CC[C@H]2O[C@@]3(CC[C@H](C)[C@@]4(C[C@H](OC(=O)C[C@H]5CCC[C@@H](C[C@@H](O[Si](C)(C)C(C)(C)C)C[C@H](O[Si](C)(C)C(C)(C)C)C[C@H]6O[C@@]7(CC[C@H](OC)[C@H](O7)[C@H]7OC(C)(C)O[C@@H]17)CC[C@@H]6C)O5)[C@H](CCOCc1ccccc1)O4)O3)C[C@@H](OC)[C@@H]2Cl. The van der Waals surface area contributed by atoms with Crippen molar-refractivity contribution in [2.45, 2.75) is 336 Å². The zero-order chi connectivity index (χ0) is 61.5. The molecule has 0 aliphatic carbocycles. The summed E-state index contributed by atoms with van der Waals surface area (Å²) in [5, 5.41) is -0.547. The molecule has 8 saturated heterocycles. The average Bonchev–Trinajstić information content (AvgIpc) is 3.12. The van der Waals surface area contributed by atoms with Crippen LogP contribution in [-0.2, 0) is 77.1 Å². The number of hydrogen-bond donors (Lipinski definition) is 0. The molecule has 1 aromatic rings. The lowest BCUT2D eigenvalue weighted by Crippen LogP contribution is -2.61. The van der Waals surface area contributed by atoms with Crippen molar-refractivity contribution in [1.29, 1.82) is 0 Å². The number of carbonyl (C=O) groups is 1. The van der Waals surface area contributed by atoms with E-state index in [-0.39, 0.29) is 77.0 Å². The number of methoxy groups -OCH3 is 2. The molecule has 0 saturated carbocycles. The Balaban J connectivity index is 1.06. The predicted molar refractivity (Wildman–Crippen MR) is 333 cm³/mol. The fourth-order valence-electron chi connectivity index (χ4n) is 14.3. The van der Waals surface area contributed by atoms with Crippen LogP contribution in [0.3, 0.4) is 0 Å². The molecule has 18 heteroatoms. The lowest BCUT2D eigenvalue weighted by molar-refractivity contribution is -0.413. The van der Waals surface area contributed by atoms with Gasteiger partial charge in [-0.15, -0.1) is 11.6 Å². The van der Waals surface area contributed by atoms with Crippen molar-refractivity contribution in [3.63, 3.8) is 0 Å². The van der Waals surface area contributed by atoms with Gasteiger partial charge in [-0.3, -0.25) is 4.79 Å². The van der Waals surface area contributed by atoms with E-state index in [0.29, 0.717) is 77.4 Å². The van der Waals surface area contributed by atoms with Crippen LogP contribution in [-0.4, -0.2) is 151 Å². The lowest BCUT2D eigenvalue weighted by Gasteiger charge is -2.54. The topological polar surface area (TPSA) is 146 Å². The summed E-state index contributed by atoms with van der Waals surface area (Å²) in [6.07, 6.45) is 6.79. The third kappa shape index (κ3) is 16.1. The van der Waals surface area contributed by atoms with E-state index >= 15 is 0 Å². The van der Waals surface area contributed by atoms with Crippen LogP contribution in [0.15, 0.2) is 42.5 Å². The first-order valence-corrected chi connectivity index (χ1v) is 39.1. The van der Waals surface area contributed by atoms with E-state index in [0.717, 1.165) is 56.1 Å². The Bertz CT molecular complexity index is 2370. The van der Waals surface area contributed by atoms with Crippen LogP contribution in [0, 0.1) is 11.8 Å². The second-order valence-corrected chi connectivity index (χ2v) is 40.5. The van der Waals surface area contributed by atoms with Crippen molar-refractivity contribution in [2.24, 2.45) is 11.8 Å². The summed E-state index contributed by atoms with van der Waals surface area (Å²) in [4.78, 5) is 14.6. The van der Waals surface area contributed by atoms with Gasteiger partial charge in [0.05, 0.1) is 55.0 Å². The summed E-state index contributed by atoms with van der Waals surface area (Å²) in [7, 11) is -1.20. The van der Waals surface area contributed by atoms with E-state index in [1.165, 1.54) is 0 Å². The molecule has 1 aromatic carbocycles. The van der Waals surface area contributed by atoms with Gasteiger partial charge in [0.25, 0.3) is 0 Å². The van der Waals surface area contributed by atoms with Crippen LogP contribution in [0.4, 0.5) is 0 Å². The van der Waals surface area contributed by atoms with Gasteiger partial charge in [0.15, 0.2) is 39.8 Å². The first-order valence-electron chi connectivity index (χ1n) is 32.8. The molecule has 8 fully saturated rings. The number of ether oxygens (including phenoxy) is 12. The minimum atomic E-state index is -2.34. The van der Waals surface area contributed by atoms with Gasteiger partial charge in [0.1, 0.15) is 30.5 Å². The Morgan fingerprint density at radius 3 is 2.02 bits per heavy atom. The molecule has 15 nitrogen and oxygen atoms in total. The van der Waals surface area contributed by atoms with E-state index in [4.69, 9.17) is 83.9 Å². The van der Waals surface area contributed by atoms with Crippen LogP contribution < -0.4 is 0 Å². The monoisotopic (exact) mass is 1250 g/mol. The summed E-state index contributed by atoms with van der Waals surface area (Å²) >= 11 is 7.40. The van der Waals surface area contributed by atoms with Crippen molar-refractivity contribution in [2.75, 3.05) is 20.8 Å². The van der Waals surface area contributed by atoms with E-state index in [9.17, 15) is 4.79 Å². The number of carbonyl (C=O) groups excluding carboxylic acids is 1. The molecule has 0 N–H and O–H groups in total. The normalized spacial score (nSPS) is 41.0.